The minimum Gasteiger partial charge on any atom is -0.493 e. The molecule has 1 aliphatic rings. The molecule has 4 atom stereocenters. The Bertz CT molecular complexity index is 1290. The van der Waals surface area contributed by atoms with Crippen LogP contribution in [0.2, 0.25) is 15.1 Å². The van der Waals surface area contributed by atoms with E-state index in [1.54, 1.807) is 12.1 Å². The number of ether oxygens (including phenoxy) is 3. The molecule has 0 amide bonds. The van der Waals surface area contributed by atoms with Gasteiger partial charge in [0.25, 0.3) is 0 Å². The molecule has 3 aromatic carbocycles. The topological polar surface area (TPSA) is 65.0 Å². The summed E-state index contributed by atoms with van der Waals surface area (Å²) in [6.45, 7) is 5.67. The first-order valence-electron chi connectivity index (χ1n) is 11.7. The van der Waals surface area contributed by atoms with E-state index in [0.717, 1.165) is 16.7 Å². The average molecular weight is 562 g/mol. The largest absolute Gasteiger partial charge is 0.493 e. The number of benzene rings is 3. The maximum absolute atomic E-state index is 11.3. The van der Waals surface area contributed by atoms with Crippen LogP contribution in [0.3, 0.4) is 0 Å². The normalized spacial score (nSPS) is 21.3. The van der Waals surface area contributed by atoms with Crippen molar-refractivity contribution < 1.29 is 24.1 Å². The van der Waals surface area contributed by atoms with Crippen molar-refractivity contribution in [3.8, 4) is 11.5 Å². The molecule has 1 saturated heterocycles. The highest BCUT2D eigenvalue weighted by Crippen LogP contribution is 2.54. The van der Waals surface area contributed by atoms with Gasteiger partial charge >= 0.3 is 5.97 Å². The first-order chi connectivity index (χ1) is 17.7. The highest BCUT2D eigenvalue weighted by atomic mass is 35.5. The van der Waals surface area contributed by atoms with E-state index in [1.807, 2.05) is 55.5 Å². The van der Waals surface area contributed by atoms with Crippen LogP contribution in [0.4, 0.5) is 0 Å². The Labute approximate surface area is 231 Å². The summed E-state index contributed by atoms with van der Waals surface area (Å²) < 4.78 is 18.1. The third-order valence-electron chi connectivity index (χ3n) is 6.56. The standard InChI is InChI=1S/C29H27Cl3O5/c1-16(2)22-14-23(18-5-4-6-20(31)11-18)27(17-7-9-19(30)10-8-17)37-28(22)24-12-21(32)13-25(35-3)29(24)36-15-26(33)34/h4-13,22-23,27-28H,1,14-15H2,2-3H3,(H,33,34)/t22-,23-,27+,28+/m1/s1. The van der Waals surface area contributed by atoms with Crippen molar-refractivity contribution in [1.82, 2.24) is 0 Å². The van der Waals surface area contributed by atoms with Crippen LogP contribution < -0.4 is 9.47 Å². The van der Waals surface area contributed by atoms with Crippen LogP contribution in [0.25, 0.3) is 0 Å². The number of hydrogen-bond acceptors (Lipinski definition) is 4. The average Bonchev–Trinajstić information content (AvgIpc) is 2.87. The summed E-state index contributed by atoms with van der Waals surface area (Å²) in [5.74, 6) is -0.677. The molecule has 4 rings (SSSR count). The molecule has 1 N–H and O–H groups in total. The van der Waals surface area contributed by atoms with E-state index in [1.165, 1.54) is 7.11 Å². The van der Waals surface area contributed by atoms with Crippen molar-refractivity contribution >= 4 is 40.8 Å². The maximum atomic E-state index is 11.3. The number of hydrogen-bond donors (Lipinski definition) is 1. The van der Waals surface area contributed by atoms with Gasteiger partial charge in [0, 0.05) is 38.5 Å². The first-order valence-corrected chi connectivity index (χ1v) is 12.8. The minimum absolute atomic E-state index is 0.0395. The number of rotatable bonds is 8. The fourth-order valence-corrected chi connectivity index (χ4v) is 5.41. The summed E-state index contributed by atoms with van der Waals surface area (Å²) >= 11 is 19.0. The Balaban J connectivity index is 1.86. The smallest absolute Gasteiger partial charge is 0.341 e. The molecule has 194 valence electrons. The minimum atomic E-state index is -1.11. The van der Waals surface area contributed by atoms with E-state index >= 15 is 0 Å². The maximum Gasteiger partial charge on any atom is 0.341 e. The van der Waals surface area contributed by atoms with Crippen LogP contribution in [0.5, 0.6) is 11.5 Å². The summed E-state index contributed by atoms with van der Waals surface area (Å²) in [7, 11) is 1.48. The highest BCUT2D eigenvalue weighted by Gasteiger charge is 2.42. The summed E-state index contributed by atoms with van der Waals surface area (Å²) in [5.41, 5.74) is 3.50. The highest BCUT2D eigenvalue weighted by molar-refractivity contribution is 6.31. The van der Waals surface area contributed by atoms with Crippen molar-refractivity contribution in [2.45, 2.75) is 31.5 Å². The van der Waals surface area contributed by atoms with Crippen LogP contribution in [0.15, 0.2) is 72.8 Å². The van der Waals surface area contributed by atoms with Crippen LogP contribution in [-0.4, -0.2) is 24.8 Å². The first kappa shape index (κ1) is 27.3. The Hall–Kier alpha value is -2.70. The van der Waals surface area contributed by atoms with E-state index in [0.29, 0.717) is 32.8 Å². The SMILES string of the molecule is C=C(C)[C@H]1C[C@H](c2cccc(Cl)c2)[C@H](c2ccc(Cl)cc2)O[C@@H]1c1cc(Cl)cc(OC)c1OCC(=O)O. The van der Waals surface area contributed by atoms with E-state index in [9.17, 15) is 9.90 Å². The molecule has 0 radical (unpaired) electrons. The van der Waals surface area contributed by atoms with E-state index in [-0.39, 0.29) is 23.7 Å². The second-order valence-electron chi connectivity index (χ2n) is 9.09. The Kier molecular flexibility index (Phi) is 8.71. The Morgan fingerprint density at radius 3 is 2.35 bits per heavy atom. The second kappa shape index (κ2) is 11.8. The van der Waals surface area contributed by atoms with E-state index < -0.39 is 18.7 Å². The third kappa shape index (κ3) is 6.24. The molecule has 0 aliphatic carbocycles. The molecule has 3 aromatic rings. The van der Waals surface area contributed by atoms with Crippen LogP contribution >= 0.6 is 34.8 Å². The zero-order valence-electron chi connectivity index (χ0n) is 20.4. The predicted octanol–water partition coefficient (Wildman–Crippen LogP) is 8.30. The summed E-state index contributed by atoms with van der Waals surface area (Å²) in [6, 6.07) is 18.7. The van der Waals surface area contributed by atoms with Gasteiger partial charge in [0.1, 0.15) is 0 Å². The van der Waals surface area contributed by atoms with Gasteiger partial charge in [-0.3, -0.25) is 0 Å². The van der Waals surface area contributed by atoms with Crippen LogP contribution in [0, 0.1) is 5.92 Å². The van der Waals surface area contributed by atoms with Crippen molar-refractivity contribution in [1.29, 1.82) is 0 Å². The number of carbonyl (C=O) groups is 1. The monoisotopic (exact) mass is 560 g/mol. The van der Waals surface area contributed by atoms with Gasteiger partial charge < -0.3 is 19.3 Å². The van der Waals surface area contributed by atoms with Crippen LogP contribution in [0.1, 0.15) is 48.2 Å². The third-order valence-corrected chi connectivity index (χ3v) is 7.26. The number of halogens is 3. The van der Waals surface area contributed by atoms with Gasteiger partial charge in [-0.25, -0.2) is 4.79 Å². The van der Waals surface area contributed by atoms with Crippen molar-refractivity contribution in [3.63, 3.8) is 0 Å². The fourth-order valence-electron chi connectivity index (χ4n) is 4.87. The number of carboxylic acids is 1. The number of methoxy groups -OCH3 is 1. The lowest BCUT2D eigenvalue weighted by Crippen LogP contribution is -2.32. The van der Waals surface area contributed by atoms with Crippen LogP contribution in [-0.2, 0) is 9.53 Å². The molecule has 0 aromatic heterocycles. The summed E-state index contributed by atoms with van der Waals surface area (Å²) in [4.78, 5) is 11.3. The molecule has 1 fully saturated rings. The number of aliphatic carboxylic acids is 1. The molecule has 0 saturated carbocycles. The van der Waals surface area contributed by atoms with E-state index in [4.69, 9.17) is 49.0 Å². The second-order valence-corrected chi connectivity index (χ2v) is 10.4. The van der Waals surface area contributed by atoms with Gasteiger partial charge in [0.15, 0.2) is 18.1 Å². The zero-order chi connectivity index (χ0) is 26.7. The zero-order valence-corrected chi connectivity index (χ0v) is 22.7. The predicted molar refractivity (Wildman–Crippen MR) is 146 cm³/mol. The van der Waals surface area contributed by atoms with Gasteiger partial charge in [-0.2, -0.15) is 0 Å². The summed E-state index contributed by atoms with van der Waals surface area (Å²) in [5, 5.41) is 11.0. The van der Waals surface area contributed by atoms with Gasteiger partial charge in [-0.15, -0.1) is 0 Å². The lowest BCUT2D eigenvalue weighted by molar-refractivity contribution is -0.139. The molecule has 5 nitrogen and oxygen atoms in total. The van der Waals surface area contributed by atoms with Crippen molar-refractivity contribution in [3.05, 3.63) is 105 Å². The quantitative estimate of drug-likeness (QED) is 0.280. The van der Waals surface area contributed by atoms with Gasteiger partial charge in [0.05, 0.1) is 19.3 Å². The summed E-state index contributed by atoms with van der Waals surface area (Å²) in [6.07, 6.45) is -0.209. The molecule has 0 bridgehead atoms. The van der Waals surface area contributed by atoms with Gasteiger partial charge in [-0.05, 0) is 54.8 Å². The van der Waals surface area contributed by atoms with Gasteiger partial charge in [0.2, 0.25) is 0 Å². The molecular weight excluding hydrogens is 535 g/mol. The van der Waals surface area contributed by atoms with Crippen molar-refractivity contribution in [2.75, 3.05) is 13.7 Å². The molecule has 8 heteroatoms. The molecule has 0 spiro atoms. The number of carboxylic acid groups (broad SMARTS) is 1. The van der Waals surface area contributed by atoms with E-state index in [2.05, 4.69) is 6.58 Å². The molecule has 37 heavy (non-hydrogen) atoms. The Morgan fingerprint density at radius 2 is 1.73 bits per heavy atom. The molecule has 1 aliphatic heterocycles. The van der Waals surface area contributed by atoms with Gasteiger partial charge in [-0.1, -0.05) is 71.2 Å². The lowest BCUT2D eigenvalue weighted by atomic mass is 9.74. The molecule has 0 unspecified atom stereocenters. The lowest BCUT2D eigenvalue weighted by Gasteiger charge is -2.43. The Morgan fingerprint density at radius 1 is 1.00 bits per heavy atom. The fraction of sp³-hybridized carbons (Fsp3) is 0.276. The molecule has 1 heterocycles. The van der Waals surface area contributed by atoms with Crippen molar-refractivity contribution in [2.24, 2.45) is 5.92 Å². The molecular formula is C29H27Cl3O5.